The lowest BCUT2D eigenvalue weighted by Crippen LogP contribution is -2.48. The van der Waals surface area contributed by atoms with Crippen molar-refractivity contribution in [3.05, 3.63) is 0 Å². The first kappa shape index (κ1) is 14.3. The molecule has 0 saturated carbocycles. The average molecular weight is 245 g/mol. The first-order valence-electron chi connectivity index (χ1n) is 6.10. The molecule has 1 fully saturated rings. The van der Waals surface area contributed by atoms with E-state index in [9.17, 15) is 9.90 Å². The lowest BCUT2D eigenvalue weighted by Gasteiger charge is -2.36. The standard InChI is InChI=1S/C12H23NO4/c1-12(2,3)17-11(16)13-6-4-9(5-7-14)10(15)8-13/h9-10,14-15H,4-8H2,1-3H3. The molecule has 1 amide bonds. The number of ether oxygens (including phenoxy) is 1. The molecule has 0 spiro atoms. The molecule has 17 heavy (non-hydrogen) atoms. The molecule has 0 aromatic carbocycles. The molecule has 100 valence electrons. The second-order valence-electron chi connectivity index (χ2n) is 5.55. The molecule has 0 radical (unpaired) electrons. The van der Waals surface area contributed by atoms with Crippen LogP contribution in [0.15, 0.2) is 0 Å². The largest absolute Gasteiger partial charge is 0.444 e. The fourth-order valence-corrected chi connectivity index (χ4v) is 1.98. The van der Waals surface area contributed by atoms with Crippen molar-refractivity contribution in [3.8, 4) is 0 Å². The van der Waals surface area contributed by atoms with Gasteiger partial charge in [0.2, 0.25) is 0 Å². The highest BCUT2D eigenvalue weighted by Gasteiger charge is 2.31. The molecule has 5 heteroatoms. The zero-order valence-corrected chi connectivity index (χ0v) is 10.8. The van der Waals surface area contributed by atoms with Crippen molar-refractivity contribution in [2.24, 2.45) is 5.92 Å². The summed E-state index contributed by atoms with van der Waals surface area (Å²) in [6, 6.07) is 0. The van der Waals surface area contributed by atoms with Gasteiger partial charge in [0.25, 0.3) is 0 Å². The summed E-state index contributed by atoms with van der Waals surface area (Å²) in [4.78, 5) is 13.3. The zero-order valence-electron chi connectivity index (χ0n) is 10.8. The summed E-state index contributed by atoms with van der Waals surface area (Å²) in [6.45, 7) is 6.41. The number of likely N-dealkylation sites (tertiary alicyclic amines) is 1. The summed E-state index contributed by atoms with van der Waals surface area (Å²) in [5.41, 5.74) is -0.510. The first-order valence-corrected chi connectivity index (χ1v) is 6.10. The van der Waals surface area contributed by atoms with Gasteiger partial charge in [-0.15, -0.1) is 0 Å². The molecule has 2 atom stereocenters. The number of carbonyl (C=O) groups excluding carboxylic acids is 1. The number of aliphatic hydroxyl groups is 2. The number of amides is 1. The van der Waals surface area contributed by atoms with Crippen LogP contribution in [0.1, 0.15) is 33.6 Å². The Balaban J connectivity index is 2.46. The summed E-state index contributed by atoms with van der Waals surface area (Å²) >= 11 is 0. The van der Waals surface area contributed by atoms with Gasteiger partial charge < -0.3 is 19.8 Å². The second-order valence-corrected chi connectivity index (χ2v) is 5.55. The third kappa shape index (κ3) is 4.52. The van der Waals surface area contributed by atoms with E-state index in [-0.39, 0.29) is 18.6 Å². The molecule has 2 unspecified atom stereocenters. The maximum atomic E-state index is 11.8. The molecule has 0 aromatic rings. The third-order valence-electron chi connectivity index (χ3n) is 2.87. The molecule has 5 nitrogen and oxygen atoms in total. The molecule has 0 aromatic heterocycles. The highest BCUT2D eigenvalue weighted by Crippen LogP contribution is 2.22. The number of hydrogen-bond acceptors (Lipinski definition) is 4. The monoisotopic (exact) mass is 245 g/mol. The summed E-state index contributed by atoms with van der Waals surface area (Å²) < 4.78 is 5.25. The van der Waals surface area contributed by atoms with E-state index in [0.717, 1.165) is 0 Å². The van der Waals surface area contributed by atoms with Gasteiger partial charge >= 0.3 is 6.09 Å². The van der Waals surface area contributed by atoms with Crippen LogP contribution < -0.4 is 0 Å². The van der Waals surface area contributed by atoms with Gasteiger partial charge in [-0.3, -0.25) is 0 Å². The highest BCUT2D eigenvalue weighted by molar-refractivity contribution is 5.68. The van der Waals surface area contributed by atoms with Crippen LogP contribution in [-0.4, -0.2) is 52.6 Å². The zero-order chi connectivity index (χ0) is 13.1. The van der Waals surface area contributed by atoms with E-state index >= 15 is 0 Å². The van der Waals surface area contributed by atoms with Gasteiger partial charge in [0.15, 0.2) is 0 Å². The van der Waals surface area contributed by atoms with E-state index in [0.29, 0.717) is 25.9 Å². The molecular weight excluding hydrogens is 222 g/mol. The maximum absolute atomic E-state index is 11.8. The van der Waals surface area contributed by atoms with Crippen LogP contribution in [-0.2, 0) is 4.74 Å². The van der Waals surface area contributed by atoms with Crippen LogP contribution in [0.5, 0.6) is 0 Å². The molecule has 0 bridgehead atoms. The Hall–Kier alpha value is -0.810. The van der Waals surface area contributed by atoms with E-state index < -0.39 is 11.7 Å². The fraction of sp³-hybridized carbons (Fsp3) is 0.917. The van der Waals surface area contributed by atoms with E-state index in [4.69, 9.17) is 9.84 Å². The minimum Gasteiger partial charge on any atom is -0.444 e. The summed E-state index contributed by atoms with van der Waals surface area (Å²) in [5, 5.41) is 18.7. The number of piperidine rings is 1. The third-order valence-corrected chi connectivity index (χ3v) is 2.87. The Morgan fingerprint density at radius 2 is 2.12 bits per heavy atom. The van der Waals surface area contributed by atoms with Crippen LogP contribution in [0.2, 0.25) is 0 Å². The van der Waals surface area contributed by atoms with E-state index in [2.05, 4.69) is 0 Å². The quantitative estimate of drug-likeness (QED) is 0.761. The smallest absolute Gasteiger partial charge is 0.410 e. The van der Waals surface area contributed by atoms with Gasteiger partial charge in [0.1, 0.15) is 5.60 Å². The van der Waals surface area contributed by atoms with Crippen molar-refractivity contribution in [1.82, 2.24) is 4.90 Å². The van der Waals surface area contributed by atoms with Crippen molar-refractivity contribution < 1.29 is 19.7 Å². The van der Waals surface area contributed by atoms with Crippen LogP contribution >= 0.6 is 0 Å². The van der Waals surface area contributed by atoms with Crippen LogP contribution in [0, 0.1) is 5.92 Å². The summed E-state index contributed by atoms with van der Waals surface area (Å²) in [6.07, 6.45) is 0.354. The predicted molar refractivity (Wildman–Crippen MR) is 63.6 cm³/mol. The molecule has 0 aliphatic carbocycles. The topological polar surface area (TPSA) is 70.0 Å². The van der Waals surface area contributed by atoms with Crippen LogP contribution in [0.3, 0.4) is 0 Å². The molecule has 1 aliphatic rings. The van der Waals surface area contributed by atoms with Crippen molar-refractivity contribution in [2.75, 3.05) is 19.7 Å². The summed E-state index contributed by atoms with van der Waals surface area (Å²) in [7, 11) is 0. The van der Waals surface area contributed by atoms with Gasteiger partial charge in [-0.05, 0) is 39.5 Å². The Kier molecular flexibility index (Phi) is 4.77. The minimum atomic E-state index is -0.566. The highest BCUT2D eigenvalue weighted by atomic mass is 16.6. The van der Waals surface area contributed by atoms with Crippen molar-refractivity contribution in [2.45, 2.75) is 45.3 Å². The number of hydrogen-bond donors (Lipinski definition) is 2. The van der Waals surface area contributed by atoms with Crippen LogP contribution in [0.25, 0.3) is 0 Å². The molecule has 2 N–H and O–H groups in total. The average Bonchev–Trinajstić information content (AvgIpc) is 2.18. The minimum absolute atomic E-state index is 0.0775. The number of rotatable bonds is 2. The number of β-amino-alcohol motifs (C(OH)–C–C–N with tert-alkyl or cyclic N) is 1. The second kappa shape index (κ2) is 5.69. The predicted octanol–water partition coefficient (Wildman–Crippen LogP) is 0.987. The molecule has 1 heterocycles. The number of nitrogens with zero attached hydrogens (tertiary/aromatic N) is 1. The van der Waals surface area contributed by atoms with E-state index in [1.807, 2.05) is 20.8 Å². The molecule has 1 rings (SSSR count). The maximum Gasteiger partial charge on any atom is 0.410 e. The Morgan fingerprint density at radius 3 is 2.59 bits per heavy atom. The number of carbonyl (C=O) groups is 1. The van der Waals surface area contributed by atoms with E-state index in [1.54, 1.807) is 0 Å². The van der Waals surface area contributed by atoms with Gasteiger partial charge in [0.05, 0.1) is 12.6 Å². The van der Waals surface area contributed by atoms with Gasteiger partial charge in [-0.2, -0.15) is 0 Å². The molecule has 1 saturated heterocycles. The molecule has 1 aliphatic heterocycles. The normalized spacial score (nSPS) is 25.8. The Morgan fingerprint density at radius 1 is 1.47 bits per heavy atom. The Labute approximate surface area is 102 Å². The van der Waals surface area contributed by atoms with Gasteiger partial charge in [-0.1, -0.05) is 0 Å². The SMILES string of the molecule is CC(C)(C)OC(=O)N1CCC(CCO)C(O)C1. The van der Waals surface area contributed by atoms with Crippen LogP contribution in [0.4, 0.5) is 4.79 Å². The van der Waals surface area contributed by atoms with Crippen molar-refractivity contribution in [3.63, 3.8) is 0 Å². The molecular formula is C12H23NO4. The number of aliphatic hydroxyl groups excluding tert-OH is 2. The van der Waals surface area contributed by atoms with Gasteiger partial charge in [0, 0.05) is 13.2 Å². The van der Waals surface area contributed by atoms with Crippen molar-refractivity contribution >= 4 is 6.09 Å². The van der Waals surface area contributed by atoms with Gasteiger partial charge in [-0.25, -0.2) is 4.79 Å². The lowest BCUT2D eigenvalue weighted by molar-refractivity contribution is -0.0165. The van der Waals surface area contributed by atoms with Crippen molar-refractivity contribution in [1.29, 1.82) is 0 Å². The Bertz CT molecular complexity index is 262. The van der Waals surface area contributed by atoms with E-state index in [1.165, 1.54) is 4.90 Å². The fourth-order valence-electron chi connectivity index (χ4n) is 1.98. The lowest BCUT2D eigenvalue weighted by atomic mass is 9.91. The summed E-state index contributed by atoms with van der Waals surface area (Å²) in [5.74, 6) is 0.0821. The first-order chi connectivity index (χ1) is 7.83.